The van der Waals surface area contributed by atoms with Crippen molar-refractivity contribution in [2.45, 2.75) is 76.4 Å². The third-order valence-electron chi connectivity index (χ3n) is 9.35. The molecule has 1 aliphatic carbocycles. The van der Waals surface area contributed by atoms with Crippen molar-refractivity contribution in [2.75, 3.05) is 27.7 Å². The molecule has 4 atom stereocenters. The maximum Gasteiger partial charge on any atom is 0.336 e. The Morgan fingerprint density at radius 3 is 2.46 bits per heavy atom. The van der Waals surface area contributed by atoms with Gasteiger partial charge < -0.3 is 14.5 Å². The first-order valence-corrected chi connectivity index (χ1v) is 14.6. The molecule has 2 aromatic carbocycles. The molecule has 6 heteroatoms. The number of methoxy groups -OCH3 is 1. The largest absolute Gasteiger partial charge is 0.467 e. The van der Waals surface area contributed by atoms with Gasteiger partial charge in [-0.3, -0.25) is 4.99 Å². The standard InChI is InChI=1S/C33H46FN3O2/c1-6-24(2)33(32(38)39-5)30(37(23-35-33)20-19-25-11-8-7-9-12-25)21-26-15-17-27(18-16-26)31(36(3)4)28-13-10-14-29(34)22-28/h7-14,22-24,26-27,30-31H,6,15-21H2,1-5H3. The van der Waals surface area contributed by atoms with E-state index in [2.05, 4.69) is 68.1 Å². The minimum Gasteiger partial charge on any atom is -0.467 e. The van der Waals surface area contributed by atoms with E-state index in [0.29, 0.717) is 11.8 Å². The predicted molar refractivity (Wildman–Crippen MR) is 156 cm³/mol. The van der Waals surface area contributed by atoms with Gasteiger partial charge >= 0.3 is 5.97 Å². The molecule has 0 amide bonds. The van der Waals surface area contributed by atoms with E-state index in [9.17, 15) is 9.18 Å². The zero-order valence-electron chi connectivity index (χ0n) is 24.4. The van der Waals surface area contributed by atoms with E-state index in [1.165, 1.54) is 18.7 Å². The molecule has 0 N–H and O–H groups in total. The van der Waals surface area contributed by atoms with E-state index >= 15 is 0 Å². The van der Waals surface area contributed by atoms with Crippen LogP contribution in [-0.4, -0.2) is 61.4 Å². The predicted octanol–water partition coefficient (Wildman–Crippen LogP) is 6.54. The van der Waals surface area contributed by atoms with Crippen LogP contribution < -0.4 is 0 Å². The Morgan fingerprint density at radius 2 is 1.85 bits per heavy atom. The summed E-state index contributed by atoms with van der Waals surface area (Å²) < 4.78 is 19.5. The van der Waals surface area contributed by atoms with E-state index in [4.69, 9.17) is 9.73 Å². The van der Waals surface area contributed by atoms with Crippen molar-refractivity contribution in [1.82, 2.24) is 9.80 Å². The average molecular weight is 536 g/mol. The highest BCUT2D eigenvalue weighted by Crippen LogP contribution is 2.45. The lowest BCUT2D eigenvalue weighted by atomic mass is 9.70. The fraction of sp³-hybridized carbons (Fsp3) is 0.576. The number of ether oxygens (including phenoxy) is 1. The van der Waals surface area contributed by atoms with Crippen LogP contribution in [0.1, 0.15) is 69.5 Å². The summed E-state index contributed by atoms with van der Waals surface area (Å²) in [7, 11) is 5.68. The van der Waals surface area contributed by atoms with Gasteiger partial charge in [-0.25, -0.2) is 9.18 Å². The number of rotatable bonds is 11. The lowest BCUT2D eigenvalue weighted by Gasteiger charge is -2.42. The van der Waals surface area contributed by atoms with Crippen molar-refractivity contribution in [3.63, 3.8) is 0 Å². The van der Waals surface area contributed by atoms with Gasteiger partial charge in [-0.2, -0.15) is 0 Å². The minimum atomic E-state index is -0.870. The summed E-state index contributed by atoms with van der Waals surface area (Å²) in [5, 5.41) is 0. The van der Waals surface area contributed by atoms with Crippen molar-refractivity contribution in [3.8, 4) is 0 Å². The van der Waals surface area contributed by atoms with E-state index in [-0.39, 0.29) is 29.8 Å². The minimum absolute atomic E-state index is 0.0157. The molecule has 2 aromatic rings. The topological polar surface area (TPSA) is 45.1 Å². The highest BCUT2D eigenvalue weighted by atomic mass is 19.1. The van der Waals surface area contributed by atoms with Gasteiger partial charge in [0.15, 0.2) is 5.54 Å². The molecular weight excluding hydrogens is 489 g/mol. The molecule has 2 aliphatic rings. The molecule has 1 fully saturated rings. The van der Waals surface area contributed by atoms with Gasteiger partial charge in [0.1, 0.15) is 5.82 Å². The first-order chi connectivity index (χ1) is 18.8. The molecule has 4 unspecified atom stereocenters. The van der Waals surface area contributed by atoms with Crippen molar-refractivity contribution < 1.29 is 13.9 Å². The number of hydrogen-bond donors (Lipinski definition) is 0. The number of halogens is 1. The Labute approximate surface area is 234 Å². The van der Waals surface area contributed by atoms with Crippen molar-refractivity contribution >= 4 is 12.3 Å². The van der Waals surface area contributed by atoms with Crippen molar-refractivity contribution in [3.05, 3.63) is 71.5 Å². The van der Waals surface area contributed by atoms with Crippen LogP contribution in [0.15, 0.2) is 59.6 Å². The molecule has 0 saturated heterocycles. The highest BCUT2D eigenvalue weighted by Gasteiger charge is 2.55. The molecule has 39 heavy (non-hydrogen) atoms. The molecule has 0 spiro atoms. The van der Waals surface area contributed by atoms with Gasteiger partial charge in [0.05, 0.1) is 19.5 Å². The van der Waals surface area contributed by atoms with Crippen LogP contribution in [0.4, 0.5) is 4.39 Å². The second-order valence-corrected chi connectivity index (χ2v) is 11.8. The number of aliphatic imine (C=N–C) groups is 1. The number of esters is 1. The highest BCUT2D eigenvalue weighted by molar-refractivity contribution is 5.87. The maximum atomic E-state index is 14.0. The van der Waals surface area contributed by atoms with Gasteiger partial charge in [-0.05, 0) is 80.8 Å². The fourth-order valence-electron chi connectivity index (χ4n) is 7.08. The first-order valence-electron chi connectivity index (χ1n) is 14.6. The monoisotopic (exact) mass is 535 g/mol. The van der Waals surface area contributed by atoms with Crippen LogP contribution in [0.25, 0.3) is 0 Å². The molecule has 5 nitrogen and oxygen atoms in total. The lowest BCUT2D eigenvalue weighted by Crippen LogP contribution is -2.56. The molecule has 0 bridgehead atoms. The number of hydrogen-bond acceptors (Lipinski definition) is 5. The molecule has 4 rings (SSSR count). The molecule has 1 aliphatic heterocycles. The van der Waals surface area contributed by atoms with Gasteiger partial charge in [0.25, 0.3) is 0 Å². The zero-order chi connectivity index (χ0) is 28.0. The quantitative estimate of drug-likeness (QED) is 0.307. The number of benzene rings is 2. The summed E-state index contributed by atoms with van der Waals surface area (Å²) in [5.41, 5.74) is 1.47. The summed E-state index contributed by atoms with van der Waals surface area (Å²) >= 11 is 0. The maximum absolute atomic E-state index is 14.0. The number of carbonyl (C=O) groups is 1. The molecular formula is C33H46FN3O2. The second-order valence-electron chi connectivity index (χ2n) is 11.8. The van der Waals surface area contributed by atoms with Gasteiger partial charge in [-0.1, -0.05) is 75.6 Å². The molecule has 0 radical (unpaired) electrons. The molecule has 1 heterocycles. The van der Waals surface area contributed by atoms with E-state index in [0.717, 1.165) is 57.1 Å². The third kappa shape index (κ3) is 6.37. The Hall–Kier alpha value is -2.73. The van der Waals surface area contributed by atoms with E-state index in [1.807, 2.05) is 18.5 Å². The smallest absolute Gasteiger partial charge is 0.336 e. The van der Waals surface area contributed by atoms with Crippen molar-refractivity contribution in [1.29, 1.82) is 0 Å². The summed E-state index contributed by atoms with van der Waals surface area (Å²) in [4.78, 5) is 22.9. The second kappa shape index (κ2) is 13.1. The van der Waals surface area contributed by atoms with Gasteiger partial charge in [-0.15, -0.1) is 0 Å². The number of carbonyl (C=O) groups excluding carboxylic acids is 1. The number of nitrogens with zero attached hydrogens (tertiary/aromatic N) is 3. The fourth-order valence-corrected chi connectivity index (χ4v) is 7.08. The van der Waals surface area contributed by atoms with Gasteiger partial charge in [0.2, 0.25) is 0 Å². The Bertz CT molecular complexity index is 1100. The molecule has 0 aromatic heterocycles. The first kappa shape index (κ1) is 29.3. The van der Waals surface area contributed by atoms with Crippen LogP contribution in [0.5, 0.6) is 0 Å². The normalized spacial score (nSPS) is 26.5. The SMILES string of the molecule is CCC(C)C1(C(=O)OC)N=CN(CCc2ccccc2)C1CC1CCC(C(c2cccc(F)c2)N(C)C)CC1. The Balaban J connectivity index is 1.50. The lowest BCUT2D eigenvalue weighted by molar-refractivity contribution is -0.151. The van der Waals surface area contributed by atoms with Crippen LogP contribution in [0.2, 0.25) is 0 Å². The zero-order valence-corrected chi connectivity index (χ0v) is 24.4. The van der Waals surface area contributed by atoms with Gasteiger partial charge in [0, 0.05) is 12.6 Å². The summed E-state index contributed by atoms with van der Waals surface area (Å²) in [6, 6.07) is 17.8. The van der Waals surface area contributed by atoms with Crippen LogP contribution >= 0.6 is 0 Å². The van der Waals surface area contributed by atoms with Crippen molar-refractivity contribution in [2.24, 2.45) is 22.7 Å². The molecule has 1 saturated carbocycles. The average Bonchev–Trinajstić information content (AvgIpc) is 3.31. The van der Waals surface area contributed by atoms with Crippen LogP contribution in [-0.2, 0) is 16.0 Å². The van der Waals surface area contributed by atoms with Crippen LogP contribution in [0.3, 0.4) is 0 Å². The Morgan fingerprint density at radius 1 is 1.13 bits per heavy atom. The van der Waals surface area contributed by atoms with E-state index in [1.54, 1.807) is 6.07 Å². The van der Waals surface area contributed by atoms with Crippen LogP contribution in [0, 0.1) is 23.6 Å². The van der Waals surface area contributed by atoms with E-state index < -0.39 is 5.54 Å². The third-order valence-corrected chi connectivity index (χ3v) is 9.35. The Kier molecular flexibility index (Phi) is 9.81. The summed E-state index contributed by atoms with van der Waals surface area (Å²) in [5.74, 6) is 0.680. The molecule has 212 valence electrons. The summed E-state index contributed by atoms with van der Waals surface area (Å²) in [6.45, 7) is 5.10. The summed E-state index contributed by atoms with van der Waals surface area (Å²) in [6.07, 6.45) is 9.01.